The zero-order chi connectivity index (χ0) is 22.6. The number of rotatable bonds is 3. The standard InChI is InChI=1S/C21H25F3N4O3/c1-2-18(29)28-8-4-5-15(14-28)19(30)26-9-11-27(12-10-26)20(31)25-17-7-3-6-16(13-17)21(22,23)24/h2-3,6-7,13,15H,1,4-5,8-12,14H2,(H,25,31). The molecule has 2 saturated heterocycles. The van der Waals surface area contributed by atoms with E-state index in [-0.39, 0.29) is 36.5 Å². The average Bonchev–Trinajstić information content (AvgIpc) is 2.77. The third-order valence-corrected chi connectivity index (χ3v) is 5.58. The smallest absolute Gasteiger partial charge is 0.339 e. The van der Waals surface area contributed by atoms with E-state index in [2.05, 4.69) is 11.9 Å². The summed E-state index contributed by atoms with van der Waals surface area (Å²) in [5, 5.41) is 2.49. The number of hydrogen-bond acceptors (Lipinski definition) is 3. The van der Waals surface area contributed by atoms with Crippen molar-refractivity contribution in [3.8, 4) is 0 Å². The largest absolute Gasteiger partial charge is 0.416 e. The number of alkyl halides is 3. The Morgan fingerprint density at radius 2 is 1.71 bits per heavy atom. The van der Waals surface area contributed by atoms with Crippen LogP contribution in [-0.4, -0.2) is 71.8 Å². The minimum atomic E-state index is -4.49. The second kappa shape index (κ2) is 9.40. The van der Waals surface area contributed by atoms with Gasteiger partial charge in [-0.05, 0) is 37.1 Å². The molecular weight excluding hydrogens is 413 g/mol. The second-order valence-electron chi connectivity index (χ2n) is 7.65. The Morgan fingerprint density at radius 1 is 1.03 bits per heavy atom. The van der Waals surface area contributed by atoms with Crippen molar-refractivity contribution in [2.45, 2.75) is 19.0 Å². The van der Waals surface area contributed by atoms with E-state index >= 15 is 0 Å². The summed E-state index contributed by atoms with van der Waals surface area (Å²) >= 11 is 0. The van der Waals surface area contributed by atoms with Crippen LogP contribution in [-0.2, 0) is 15.8 Å². The number of carbonyl (C=O) groups is 3. The summed E-state index contributed by atoms with van der Waals surface area (Å²) in [6, 6.07) is 3.95. The zero-order valence-corrected chi connectivity index (χ0v) is 17.0. The Bertz CT molecular complexity index is 851. The van der Waals surface area contributed by atoms with Gasteiger partial charge in [0.05, 0.1) is 11.5 Å². The van der Waals surface area contributed by atoms with E-state index in [4.69, 9.17) is 0 Å². The highest BCUT2D eigenvalue weighted by atomic mass is 19.4. The van der Waals surface area contributed by atoms with Gasteiger partial charge in [-0.3, -0.25) is 9.59 Å². The number of piperazine rings is 1. The molecule has 168 valence electrons. The highest BCUT2D eigenvalue weighted by Gasteiger charge is 2.33. The molecular formula is C21H25F3N4O3. The lowest BCUT2D eigenvalue weighted by atomic mass is 9.96. The molecule has 0 spiro atoms. The number of likely N-dealkylation sites (tertiary alicyclic amines) is 1. The van der Waals surface area contributed by atoms with Gasteiger partial charge < -0.3 is 20.0 Å². The molecule has 10 heteroatoms. The quantitative estimate of drug-likeness (QED) is 0.738. The van der Waals surface area contributed by atoms with Crippen molar-refractivity contribution >= 4 is 23.5 Å². The van der Waals surface area contributed by atoms with E-state index in [1.807, 2.05) is 0 Å². The van der Waals surface area contributed by atoms with Gasteiger partial charge >= 0.3 is 12.2 Å². The molecule has 1 unspecified atom stereocenters. The van der Waals surface area contributed by atoms with Crippen molar-refractivity contribution < 1.29 is 27.6 Å². The summed E-state index contributed by atoms with van der Waals surface area (Å²) in [4.78, 5) is 41.9. The van der Waals surface area contributed by atoms with Crippen LogP contribution in [0.5, 0.6) is 0 Å². The molecule has 0 bridgehead atoms. The van der Waals surface area contributed by atoms with E-state index in [0.29, 0.717) is 32.6 Å². The number of piperidine rings is 1. The zero-order valence-electron chi connectivity index (χ0n) is 17.0. The third kappa shape index (κ3) is 5.56. The molecule has 1 N–H and O–H groups in total. The van der Waals surface area contributed by atoms with Crippen LogP contribution in [0.2, 0.25) is 0 Å². The molecule has 31 heavy (non-hydrogen) atoms. The van der Waals surface area contributed by atoms with Gasteiger partial charge in [-0.1, -0.05) is 12.6 Å². The van der Waals surface area contributed by atoms with E-state index in [9.17, 15) is 27.6 Å². The van der Waals surface area contributed by atoms with Gasteiger partial charge in [0.25, 0.3) is 0 Å². The minimum Gasteiger partial charge on any atom is -0.339 e. The van der Waals surface area contributed by atoms with E-state index in [1.54, 1.807) is 9.80 Å². The van der Waals surface area contributed by atoms with Gasteiger partial charge in [0, 0.05) is 45.0 Å². The molecule has 1 aromatic carbocycles. The number of anilines is 1. The first-order valence-electron chi connectivity index (χ1n) is 10.1. The van der Waals surface area contributed by atoms with Gasteiger partial charge in [0.1, 0.15) is 0 Å². The Hall–Kier alpha value is -3.04. The number of nitrogens with zero attached hydrogens (tertiary/aromatic N) is 3. The van der Waals surface area contributed by atoms with Crippen molar-refractivity contribution in [3.63, 3.8) is 0 Å². The van der Waals surface area contributed by atoms with Crippen LogP contribution in [0.25, 0.3) is 0 Å². The molecule has 1 atom stereocenters. The average molecular weight is 438 g/mol. The second-order valence-corrected chi connectivity index (χ2v) is 7.65. The fraction of sp³-hybridized carbons (Fsp3) is 0.476. The maximum atomic E-state index is 12.8. The predicted octanol–water partition coefficient (Wildman–Crippen LogP) is 2.81. The predicted molar refractivity (Wildman–Crippen MR) is 108 cm³/mol. The van der Waals surface area contributed by atoms with E-state index < -0.39 is 17.8 Å². The summed E-state index contributed by atoms with van der Waals surface area (Å²) < 4.78 is 38.5. The summed E-state index contributed by atoms with van der Waals surface area (Å²) in [7, 11) is 0. The first-order valence-corrected chi connectivity index (χ1v) is 10.1. The summed E-state index contributed by atoms with van der Waals surface area (Å²) in [6.45, 7) is 5.67. The fourth-order valence-corrected chi connectivity index (χ4v) is 3.87. The lowest BCUT2D eigenvalue weighted by molar-refractivity contribution is -0.140. The number of amides is 4. The SMILES string of the molecule is C=CC(=O)N1CCCC(C(=O)N2CCN(C(=O)Nc3cccc(C(F)(F)F)c3)CC2)C1. The molecule has 4 amide bonds. The van der Waals surface area contributed by atoms with Crippen LogP contribution < -0.4 is 5.32 Å². The van der Waals surface area contributed by atoms with Crippen LogP contribution in [0.15, 0.2) is 36.9 Å². The van der Waals surface area contributed by atoms with E-state index in [1.165, 1.54) is 23.1 Å². The van der Waals surface area contributed by atoms with Gasteiger partial charge in [0.2, 0.25) is 11.8 Å². The summed E-state index contributed by atoms with van der Waals surface area (Å²) in [5.41, 5.74) is -0.773. The molecule has 0 aliphatic carbocycles. The molecule has 0 aromatic heterocycles. The number of nitrogens with one attached hydrogen (secondary N) is 1. The number of urea groups is 1. The van der Waals surface area contributed by atoms with Crippen LogP contribution in [0.1, 0.15) is 18.4 Å². The van der Waals surface area contributed by atoms with Crippen LogP contribution in [0.3, 0.4) is 0 Å². The van der Waals surface area contributed by atoms with E-state index in [0.717, 1.165) is 18.6 Å². The molecule has 0 saturated carbocycles. The number of carbonyl (C=O) groups excluding carboxylic acids is 3. The maximum absolute atomic E-state index is 12.8. The van der Waals surface area contributed by atoms with Crippen molar-refractivity contribution in [2.75, 3.05) is 44.6 Å². The summed E-state index contributed by atoms with van der Waals surface area (Å²) in [6.07, 6.45) is -1.79. The molecule has 2 aliphatic heterocycles. The molecule has 2 fully saturated rings. The number of halogens is 3. The van der Waals surface area contributed by atoms with Crippen molar-refractivity contribution in [1.29, 1.82) is 0 Å². The fourth-order valence-electron chi connectivity index (χ4n) is 3.87. The highest BCUT2D eigenvalue weighted by molar-refractivity contribution is 5.90. The third-order valence-electron chi connectivity index (χ3n) is 5.58. The Kier molecular flexibility index (Phi) is 6.87. The molecule has 1 aromatic rings. The Balaban J connectivity index is 1.52. The monoisotopic (exact) mass is 438 g/mol. The number of hydrogen-bond donors (Lipinski definition) is 1. The first kappa shape index (κ1) is 22.6. The van der Waals surface area contributed by atoms with Gasteiger partial charge in [-0.25, -0.2) is 4.79 Å². The maximum Gasteiger partial charge on any atom is 0.416 e. The highest BCUT2D eigenvalue weighted by Crippen LogP contribution is 2.30. The Labute approximate surface area is 178 Å². The molecule has 0 radical (unpaired) electrons. The van der Waals surface area contributed by atoms with Gasteiger partial charge in [-0.15, -0.1) is 0 Å². The summed E-state index contributed by atoms with van der Waals surface area (Å²) in [5.74, 6) is -0.504. The number of benzene rings is 1. The Morgan fingerprint density at radius 3 is 2.35 bits per heavy atom. The van der Waals surface area contributed by atoms with Crippen LogP contribution >= 0.6 is 0 Å². The van der Waals surface area contributed by atoms with Crippen LogP contribution in [0, 0.1) is 5.92 Å². The minimum absolute atomic E-state index is 0.0421. The lowest BCUT2D eigenvalue weighted by Gasteiger charge is -2.38. The normalized spacial score (nSPS) is 19.7. The molecule has 2 heterocycles. The first-order chi connectivity index (χ1) is 14.7. The van der Waals surface area contributed by atoms with Gasteiger partial charge in [0.15, 0.2) is 0 Å². The molecule has 3 rings (SSSR count). The van der Waals surface area contributed by atoms with Gasteiger partial charge in [-0.2, -0.15) is 13.2 Å². The molecule has 7 nitrogen and oxygen atoms in total. The van der Waals surface area contributed by atoms with Crippen molar-refractivity contribution in [3.05, 3.63) is 42.5 Å². The van der Waals surface area contributed by atoms with Crippen LogP contribution in [0.4, 0.5) is 23.7 Å². The van der Waals surface area contributed by atoms with Crippen molar-refractivity contribution in [2.24, 2.45) is 5.92 Å². The molecule has 2 aliphatic rings. The topological polar surface area (TPSA) is 73.0 Å². The lowest BCUT2D eigenvalue weighted by Crippen LogP contribution is -2.54. The van der Waals surface area contributed by atoms with Crippen molar-refractivity contribution in [1.82, 2.24) is 14.7 Å².